The molecule has 19 heavy (non-hydrogen) atoms. The minimum Gasteiger partial charge on any atom is -0.309 e. The molecule has 1 aliphatic rings. The highest BCUT2D eigenvalue weighted by Gasteiger charge is 2.18. The predicted octanol–water partition coefficient (Wildman–Crippen LogP) is 5.20. The fourth-order valence-corrected chi connectivity index (χ4v) is 4.27. The Hall–Kier alpha value is -0.340. The van der Waals surface area contributed by atoms with Gasteiger partial charge in [-0.3, -0.25) is 0 Å². The molecule has 1 aromatic rings. The van der Waals surface area contributed by atoms with Crippen LogP contribution in [-0.2, 0) is 6.54 Å². The van der Waals surface area contributed by atoms with Crippen LogP contribution in [0.3, 0.4) is 0 Å². The first kappa shape index (κ1) is 15.1. The molecule has 0 radical (unpaired) electrons. The van der Waals surface area contributed by atoms with Crippen LogP contribution in [0.1, 0.15) is 67.2 Å². The smallest absolute Gasteiger partial charge is 0.0302 e. The van der Waals surface area contributed by atoms with Gasteiger partial charge in [-0.1, -0.05) is 32.6 Å². The van der Waals surface area contributed by atoms with Crippen LogP contribution in [0.15, 0.2) is 6.07 Å². The van der Waals surface area contributed by atoms with Crippen molar-refractivity contribution in [3.05, 3.63) is 21.4 Å². The van der Waals surface area contributed by atoms with E-state index in [9.17, 15) is 0 Å². The highest BCUT2D eigenvalue weighted by molar-refractivity contribution is 7.12. The molecule has 1 heterocycles. The average Bonchev–Trinajstić information content (AvgIpc) is 2.60. The summed E-state index contributed by atoms with van der Waals surface area (Å²) in [6.07, 6.45) is 9.88. The zero-order valence-corrected chi connectivity index (χ0v) is 13.6. The SMILES string of the molecule is CCCC1CCCC(NCc2cc(C)c(C)s2)CC1. The second-order valence-electron chi connectivity index (χ2n) is 6.19. The molecule has 1 aromatic heterocycles. The highest BCUT2D eigenvalue weighted by Crippen LogP contribution is 2.27. The first-order chi connectivity index (χ1) is 9.19. The van der Waals surface area contributed by atoms with Gasteiger partial charge in [0.15, 0.2) is 0 Å². The second kappa shape index (κ2) is 7.44. The summed E-state index contributed by atoms with van der Waals surface area (Å²) in [7, 11) is 0. The summed E-state index contributed by atoms with van der Waals surface area (Å²) in [5.74, 6) is 1.00. The van der Waals surface area contributed by atoms with Gasteiger partial charge in [0.05, 0.1) is 0 Å². The van der Waals surface area contributed by atoms with E-state index in [1.54, 1.807) is 0 Å². The molecule has 0 amide bonds. The molecule has 108 valence electrons. The van der Waals surface area contributed by atoms with Crippen molar-refractivity contribution in [2.45, 2.75) is 78.3 Å². The Bertz CT molecular complexity index is 363. The zero-order valence-electron chi connectivity index (χ0n) is 12.8. The molecule has 1 fully saturated rings. The van der Waals surface area contributed by atoms with Crippen LogP contribution >= 0.6 is 11.3 Å². The molecule has 0 bridgehead atoms. The van der Waals surface area contributed by atoms with Gasteiger partial charge in [-0.25, -0.2) is 0 Å². The maximum atomic E-state index is 3.79. The lowest BCUT2D eigenvalue weighted by Crippen LogP contribution is -2.27. The van der Waals surface area contributed by atoms with E-state index in [1.165, 1.54) is 60.3 Å². The number of aryl methyl sites for hydroxylation is 2. The summed E-state index contributed by atoms with van der Waals surface area (Å²) >= 11 is 1.95. The summed E-state index contributed by atoms with van der Waals surface area (Å²) in [4.78, 5) is 2.98. The third kappa shape index (κ3) is 4.61. The monoisotopic (exact) mass is 279 g/mol. The van der Waals surface area contributed by atoms with E-state index in [2.05, 4.69) is 32.2 Å². The maximum absolute atomic E-state index is 3.79. The van der Waals surface area contributed by atoms with Gasteiger partial charge in [-0.05, 0) is 50.7 Å². The molecular weight excluding hydrogens is 250 g/mol. The maximum Gasteiger partial charge on any atom is 0.0302 e. The molecule has 0 aromatic carbocycles. The third-order valence-electron chi connectivity index (χ3n) is 4.57. The summed E-state index contributed by atoms with van der Waals surface area (Å²) < 4.78 is 0. The molecule has 0 spiro atoms. The van der Waals surface area contributed by atoms with Gasteiger partial charge in [0.1, 0.15) is 0 Å². The van der Waals surface area contributed by atoms with Crippen molar-refractivity contribution in [3.63, 3.8) is 0 Å². The van der Waals surface area contributed by atoms with Crippen molar-refractivity contribution < 1.29 is 0 Å². The second-order valence-corrected chi connectivity index (χ2v) is 7.53. The molecule has 1 aliphatic carbocycles. The Balaban J connectivity index is 1.77. The van der Waals surface area contributed by atoms with Crippen LogP contribution in [-0.4, -0.2) is 6.04 Å². The van der Waals surface area contributed by atoms with Crippen molar-refractivity contribution in [1.82, 2.24) is 5.32 Å². The Labute approximate surface area is 122 Å². The lowest BCUT2D eigenvalue weighted by molar-refractivity contribution is 0.410. The first-order valence-electron chi connectivity index (χ1n) is 7.98. The summed E-state index contributed by atoms with van der Waals surface area (Å²) in [5, 5.41) is 3.79. The minimum atomic E-state index is 0.754. The van der Waals surface area contributed by atoms with E-state index in [1.807, 2.05) is 11.3 Å². The fourth-order valence-electron chi connectivity index (χ4n) is 3.26. The van der Waals surface area contributed by atoms with Crippen LogP contribution in [0.4, 0.5) is 0 Å². The summed E-state index contributed by atoms with van der Waals surface area (Å²) in [6.45, 7) is 7.84. The van der Waals surface area contributed by atoms with E-state index in [0.29, 0.717) is 0 Å². The molecule has 0 aliphatic heterocycles. The molecule has 2 atom stereocenters. The molecular formula is C17H29NS. The van der Waals surface area contributed by atoms with Crippen molar-refractivity contribution in [2.75, 3.05) is 0 Å². The van der Waals surface area contributed by atoms with Gasteiger partial charge in [-0.2, -0.15) is 0 Å². The number of rotatable bonds is 5. The summed E-state index contributed by atoms with van der Waals surface area (Å²) in [6, 6.07) is 3.11. The average molecular weight is 279 g/mol. The Morgan fingerprint density at radius 3 is 2.74 bits per heavy atom. The largest absolute Gasteiger partial charge is 0.309 e. The lowest BCUT2D eigenvalue weighted by atomic mass is 9.95. The van der Waals surface area contributed by atoms with E-state index in [0.717, 1.165) is 18.5 Å². The number of nitrogens with one attached hydrogen (secondary N) is 1. The van der Waals surface area contributed by atoms with Crippen molar-refractivity contribution in [1.29, 1.82) is 0 Å². The topological polar surface area (TPSA) is 12.0 Å². The minimum absolute atomic E-state index is 0.754. The van der Waals surface area contributed by atoms with E-state index >= 15 is 0 Å². The van der Waals surface area contributed by atoms with E-state index in [-0.39, 0.29) is 0 Å². The number of hydrogen-bond donors (Lipinski definition) is 1. The summed E-state index contributed by atoms with van der Waals surface area (Å²) in [5.41, 5.74) is 1.45. The molecule has 2 rings (SSSR count). The third-order valence-corrected chi connectivity index (χ3v) is 5.72. The first-order valence-corrected chi connectivity index (χ1v) is 8.80. The normalized spacial score (nSPS) is 24.4. The molecule has 1 nitrogen and oxygen atoms in total. The van der Waals surface area contributed by atoms with Crippen molar-refractivity contribution >= 4 is 11.3 Å². The van der Waals surface area contributed by atoms with Gasteiger partial charge < -0.3 is 5.32 Å². The molecule has 1 saturated carbocycles. The Morgan fingerprint density at radius 2 is 2.05 bits per heavy atom. The van der Waals surface area contributed by atoms with E-state index in [4.69, 9.17) is 0 Å². The molecule has 1 N–H and O–H groups in total. The predicted molar refractivity (Wildman–Crippen MR) is 85.9 cm³/mol. The quantitative estimate of drug-likeness (QED) is 0.730. The van der Waals surface area contributed by atoms with Gasteiger partial charge >= 0.3 is 0 Å². The van der Waals surface area contributed by atoms with Crippen LogP contribution in [0.2, 0.25) is 0 Å². The molecule has 0 saturated heterocycles. The van der Waals surface area contributed by atoms with Gasteiger partial charge in [0.25, 0.3) is 0 Å². The van der Waals surface area contributed by atoms with Gasteiger partial charge in [0, 0.05) is 22.3 Å². The van der Waals surface area contributed by atoms with Crippen molar-refractivity contribution in [3.8, 4) is 0 Å². The standard InChI is InChI=1S/C17H29NS/c1-4-6-15-7-5-8-16(10-9-15)18-12-17-11-13(2)14(3)19-17/h11,15-16,18H,4-10,12H2,1-3H3. The molecule has 2 unspecified atom stereocenters. The Morgan fingerprint density at radius 1 is 1.21 bits per heavy atom. The highest BCUT2D eigenvalue weighted by atomic mass is 32.1. The van der Waals surface area contributed by atoms with Crippen molar-refractivity contribution in [2.24, 2.45) is 5.92 Å². The van der Waals surface area contributed by atoms with Gasteiger partial charge in [0.2, 0.25) is 0 Å². The molecule has 2 heteroatoms. The number of hydrogen-bond acceptors (Lipinski definition) is 2. The van der Waals surface area contributed by atoms with Crippen LogP contribution < -0.4 is 5.32 Å². The van der Waals surface area contributed by atoms with Gasteiger partial charge in [-0.15, -0.1) is 11.3 Å². The van der Waals surface area contributed by atoms with Crippen LogP contribution in [0.25, 0.3) is 0 Å². The van der Waals surface area contributed by atoms with Crippen LogP contribution in [0.5, 0.6) is 0 Å². The van der Waals surface area contributed by atoms with E-state index < -0.39 is 0 Å². The fraction of sp³-hybridized carbons (Fsp3) is 0.765. The lowest BCUT2D eigenvalue weighted by Gasteiger charge is -2.16. The Kier molecular flexibility index (Phi) is 5.90. The zero-order chi connectivity index (χ0) is 13.7. The number of thiophene rings is 1. The van der Waals surface area contributed by atoms with Crippen LogP contribution in [0, 0.1) is 19.8 Å².